The zero-order valence-electron chi connectivity index (χ0n) is 12.7. The number of rotatable bonds is 1. The van der Waals surface area contributed by atoms with E-state index < -0.39 is 0 Å². The van der Waals surface area contributed by atoms with Crippen LogP contribution in [0.2, 0.25) is 0 Å². The van der Waals surface area contributed by atoms with E-state index in [1.54, 1.807) is 0 Å². The normalized spacial score (nSPS) is 14.1. The molecule has 0 bridgehead atoms. The molecule has 4 rings (SSSR count). The van der Waals surface area contributed by atoms with Gasteiger partial charge in [-0.3, -0.25) is 0 Å². The highest BCUT2D eigenvalue weighted by atomic mass is 15.2. The Hall–Kier alpha value is -2.55. The number of aryl methyl sites for hydroxylation is 1. The molecule has 1 aromatic heterocycles. The summed E-state index contributed by atoms with van der Waals surface area (Å²) >= 11 is 0. The lowest BCUT2D eigenvalue weighted by atomic mass is 9.99. The molecule has 3 heteroatoms. The highest BCUT2D eigenvalue weighted by Gasteiger charge is 2.19. The van der Waals surface area contributed by atoms with Gasteiger partial charge in [0.25, 0.3) is 0 Å². The number of hydrogen-bond acceptors (Lipinski definition) is 3. The quantitative estimate of drug-likeness (QED) is 0.695. The Morgan fingerprint density at radius 3 is 2.68 bits per heavy atom. The van der Waals surface area contributed by atoms with E-state index in [2.05, 4.69) is 46.3 Å². The molecule has 1 aliphatic heterocycles. The van der Waals surface area contributed by atoms with Crippen LogP contribution in [0.5, 0.6) is 0 Å². The molecule has 2 heterocycles. The Kier molecular flexibility index (Phi) is 3.00. The van der Waals surface area contributed by atoms with Crippen LogP contribution in [0.3, 0.4) is 0 Å². The molecule has 1 aliphatic rings. The molecular formula is C19H19N3. The summed E-state index contributed by atoms with van der Waals surface area (Å²) in [6.45, 7) is 3.96. The summed E-state index contributed by atoms with van der Waals surface area (Å²) in [6.07, 6.45) is 2.93. The van der Waals surface area contributed by atoms with Crippen molar-refractivity contribution in [2.45, 2.75) is 19.9 Å². The second kappa shape index (κ2) is 5.02. The Bertz CT molecular complexity index is 854. The lowest BCUT2D eigenvalue weighted by Crippen LogP contribution is -2.31. The highest BCUT2D eigenvalue weighted by molar-refractivity contribution is 6.00. The summed E-state index contributed by atoms with van der Waals surface area (Å²) in [5, 5.41) is 2.24. The molecule has 110 valence electrons. The molecule has 2 aromatic carbocycles. The summed E-state index contributed by atoms with van der Waals surface area (Å²) < 4.78 is 0. The van der Waals surface area contributed by atoms with Crippen molar-refractivity contribution in [2.75, 3.05) is 17.2 Å². The Balaban J connectivity index is 1.81. The minimum Gasteiger partial charge on any atom is -0.398 e. The first-order chi connectivity index (χ1) is 10.7. The number of nitrogens with zero attached hydrogens (tertiary/aromatic N) is 2. The minimum atomic E-state index is 0.860. The van der Waals surface area contributed by atoms with Crippen LogP contribution in [0.1, 0.15) is 16.7 Å². The lowest BCUT2D eigenvalue weighted by molar-refractivity contribution is 0.724. The molecule has 0 atom stereocenters. The van der Waals surface area contributed by atoms with E-state index in [0.717, 1.165) is 47.4 Å². The number of benzene rings is 2. The smallest absolute Gasteiger partial charge is 0.136 e. The SMILES string of the molecule is Cc1ccc2c(N3CCc4ccccc4C3)nccc2c1N. The average molecular weight is 289 g/mol. The molecule has 2 N–H and O–H groups in total. The molecular weight excluding hydrogens is 270 g/mol. The van der Waals surface area contributed by atoms with Gasteiger partial charge in [0.2, 0.25) is 0 Å². The third-order valence-corrected chi connectivity index (χ3v) is 4.61. The van der Waals surface area contributed by atoms with Gasteiger partial charge in [-0.05, 0) is 36.1 Å². The number of hydrogen-bond donors (Lipinski definition) is 1. The third-order valence-electron chi connectivity index (χ3n) is 4.61. The summed E-state index contributed by atoms with van der Waals surface area (Å²) in [7, 11) is 0. The molecule has 0 saturated carbocycles. The van der Waals surface area contributed by atoms with Crippen molar-refractivity contribution in [3.05, 3.63) is 65.4 Å². The number of nitrogen functional groups attached to an aromatic ring is 1. The first kappa shape index (κ1) is 13.1. The maximum atomic E-state index is 6.25. The zero-order chi connectivity index (χ0) is 15.1. The van der Waals surface area contributed by atoms with Crippen LogP contribution in [-0.2, 0) is 13.0 Å². The standard InChI is InChI=1S/C19H19N3/c1-13-6-7-17-16(18(13)20)8-10-21-19(17)22-11-9-14-4-2-3-5-15(14)12-22/h2-8,10H,9,11-12,20H2,1H3. The van der Waals surface area contributed by atoms with E-state index >= 15 is 0 Å². The fraction of sp³-hybridized carbons (Fsp3) is 0.211. The molecule has 0 unspecified atom stereocenters. The molecule has 0 fully saturated rings. The maximum Gasteiger partial charge on any atom is 0.136 e. The molecule has 0 saturated heterocycles. The molecule has 0 radical (unpaired) electrons. The summed E-state index contributed by atoms with van der Waals surface area (Å²) in [5.41, 5.74) is 11.1. The predicted octanol–water partition coefficient (Wildman–Crippen LogP) is 3.69. The number of fused-ring (bicyclic) bond motifs is 2. The van der Waals surface area contributed by atoms with Gasteiger partial charge in [0, 0.05) is 35.7 Å². The van der Waals surface area contributed by atoms with Gasteiger partial charge in [-0.1, -0.05) is 36.4 Å². The van der Waals surface area contributed by atoms with E-state index in [9.17, 15) is 0 Å². The molecule has 0 amide bonds. The van der Waals surface area contributed by atoms with Crippen molar-refractivity contribution < 1.29 is 0 Å². The molecule has 0 spiro atoms. The van der Waals surface area contributed by atoms with Crippen LogP contribution >= 0.6 is 0 Å². The Labute approximate surface area is 130 Å². The summed E-state index contributed by atoms with van der Waals surface area (Å²) in [4.78, 5) is 7.01. The third kappa shape index (κ3) is 2.01. The number of pyridine rings is 1. The van der Waals surface area contributed by atoms with E-state index in [0.29, 0.717) is 0 Å². The van der Waals surface area contributed by atoms with Crippen LogP contribution in [0.25, 0.3) is 10.8 Å². The van der Waals surface area contributed by atoms with Gasteiger partial charge in [0.15, 0.2) is 0 Å². The monoisotopic (exact) mass is 289 g/mol. The van der Waals surface area contributed by atoms with Crippen molar-refractivity contribution in [3.8, 4) is 0 Å². The molecule has 22 heavy (non-hydrogen) atoms. The van der Waals surface area contributed by atoms with Crippen molar-refractivity contribution in [2.24, 2.45) is 0 Å². The number of nitrogens with two attached hydrogens (primary N) is 1. The van der Waals surface area contributed by atoms with Gasteiger partial charge in [0.1, 0.15) is 5.82 Å². The van der Waals surface area contributed by atoms with Gasteiger partial charge in [-0.25, -0.2) is 4.98 Å². The highest BCUT2D eigenvalue weighted by Crippen LogP contribution is 2.32. The topological polar surface area (TPSA) is 42.2 Å². The van der Waals surface area contributed by atoms with E-state index in [1.165, 1.54) is 11.1 Å². The van der Waals surface area contributed by atoms with E-state index in [1.807, 2.05) is 19.2 Å². The van der Waals surface area contributed by atoms with Gasteiger partial charge < -0.3 is 10.6 Å². The van der Waals surface area contributed by atoms with Crippen LogP contribution in [-0.4, -0.2) is 11.5 Å². The molecule has 0 aliphatic carbocycles. The number of anilines is 2. The van der Waals surface area contributed by atoms with Crippen LogP contribution in [0, 0.1) is 6.92 Å². The first-order valence-electron chi connectivity index (χ1n) is 7.69. The number of aromatic nitrogens is 1. The lowest BCUT2D eigenvalue weighted by Gasteiger charge is -2.30. The van der Waals surface area contributed by atoms with Crippen molar-refractivity contribution >= 4 is 22.3 Å². The van der Waals surface area contributed by atoms with Gasteiger partial charge >= 0.3 is 0 Å². The van der Waals surface area contributed by atoms with Crippen LogP contribution in [0.4, 0.5) is 11.5 Å². The Morgan fingerprint density at radius 1 is 1.00 bits per heavy atom. The minimum absolute atomic E-state index is 0.860. The summed E-state index contributed by atoms with van der Waals surface area (Å²) in [5.74, 6) is 1.04. The van der Waals surface area contributed by atoms with Gasteiger partial charge in [0.05, 0.1) is 0 Å². The Morgan fingerprint density at radius 2 is 1.82 bits per heavy atom. The fourth-order valence-electron chi connectivity index (χ4n) is 3.30. The predicted molar refractivity (Wildman–Crippen MR) is 92.1 cm³/mol. The van der Waals surface area contributed by atoms with Crippen molar-refractivity contribution in [1.82, 2.24) is 4.98 Å². The second-order valence-electron chi connectivity index (χ2n) is 5.97. The van der Waals surface area contributed by atoms with Gasteiger partial charge in [-0.15, -0.1) is 0 Å². The largest absolute Gasteiger partial charge is 0.398 e. The zero-order valence-corrected chi connectivity index (χ0v) is 12.7. The molecule has 3 aromatic rings. The van der Waals surface area contributed by atoms with Crippen LogP contribution in [0.15, 0.2) is 48.7 Å². The summed E-state index contributed by atoms with van der Waals surface area (Å²) in [6, 6.07) is 14.9. The second-order valence-corrected chi connectivity index (χ2v) is 5.97. The van der Waals surface area contributed by atoms with Crippen LogP contribution < -0.4 is 10.6 Å². The first-order valence-corrected chi connectivity index (χ1v) is 7.69. The fourth-order valence-corrected chi connectivity index (χ4v) is 3.30. The van der Waals surface area contributed by atoms with E-state index in [-0.39, 0.29) is 0 Å². The van der Waals surface area contributed by atoms with E-state index in [4.69, 9.17) is 5.73 Å². The molecule has 3 nitrogen and oxygen atoms in total. The van der Waals surface area contributed by atoms with Gasteiger partial charge in [-0.2, -0.15) is 0 Å². The average Bonchev–Trinajstić information content (AvgIpc) is 2.57. The maximum absolute atomic E-state index is 6.25. The van der Waals surface area contributed by atoms with Crippen molar-refractivity contribution in [1.29, 1.82) is 0 Å². The van der Waals surface area contributed by atoms with Crippen molar-refractivity contribution in [3.63, 3.8) is 0 Å².